The Morgan fingerprint density at radius 3 is 2.22 bits per heavy atom. The summed E-state index contributed by atoms with van der Waals surface area (Å²) in [6, 6.07) is 6.27. The van der Waals surface area contributed by atoms with Crippen LogP contribution in [0.15, 0.2) is 36.4 Å². The van der Waals surface area contributed by atoms with Gasteiger partial charge in [0.25, 0.3) is 0 Å². The molecule has 7 nitrogen and oxygen atoms in total. The second-order valence-electron chi connectivity index (χ2n) is 6.68. The van der Waals surface area contributed by atoms with E-state index in [0.717, 1.165) is 11.3 Å². The van der Waals surface area contributed by atoms with Gasteiger partial charge in [0.2, 0.25) is 17.7 Å². The van der Waals surface area contributed by atoms with Gasteiger partial charge in [0.1, 0.15) is 6.54 Å². The van der Waals surface area contributed by atoms with E-state index in [1.807, 2.05) is 19.1 Å². The van der Waals surface area contributed by atoms with E-state index in [-0.39, 0.29) is 30.2 Å². The van der Waals surface area contributed by atoms with Gasteiger partial charge in [0, 0.05) is 5.69 Å². The number of fused-ring (bicyclic) bond motifs is 1. The minimum absolute atomic E-state index is 0.279. The zero-order valence-corrected chi connectivity index (χ0v) is 15.1. The van der Waals surface area contributed by atoms with E-state index >= 15 is 0 Å². The monoisotopic (exact) mass is 370 g/mol. The van der Waals surface area contributed by atoms with Gasteiger partial charge in [0.05, 0.1) is 24.0 Å². The summed E-state index contributed by atoms with van der Waals surface area (Å²) >= 11 is 0. The average molecular weight is 370 g/mol. The van der Waals surface area contributed by atoms with Gasteiger partial charge in [-0.25, -0.2) is 4.79 Å². The van der Waals surface area contributed by atoms with Crippen molar-refractivity contribution in [1.82, 2.24) is 4.90 Å². The van der Waals surface area contributed by atoms with Crippen molar-refractivity contribution in [1.29, 1.82) is 0 Å². The number of nitrogens with zero attached hydrogens (tertiary/aromatic N) is 1. The molecule has 1 fully saturated rings. The minimum atomic E-state index is -0.454. The average Bonchev–Trinajstić information content (AvgIpc) is 2.92. The molecule has 1 aromatic rings. The Bertz CT molecular complexity index is 758. The van der Waals surface area contributed by atoms with Crippen molar-refractivity contribution < 1.29 is 23.9 Å². The molecule has 27 heavy (non-hydrogen) atoms. The normalized spacial score (nSPS) is 21.1. The molecule has 1 aliphatic carbocycles. The maximum Gasteiger partial charge on any atom is 0.338 e. The molecule has 2 atom stereocenters. The molecule has 0 unspecified atom stereocenters. The van der Waals surface area contributed by atoms with Crippen LogP contribution in [0.5, 0.6) is 0 Å². The van der Waals surface area contributed by atoms with Crippen LogP contribution in [0.2, 0.25) is 0 Å². The molecule has 1 N–H and O–H groups in total. The summed E-state index contributed by atoms with van der Waals surface area (Å²) < 4.78 is 5.04. The van der Waals surface area contributed by atoms with Crippen LogP contribution in [-0.4, -0.2) is 41.7 Å². The van der Waals surface area contributed by atoms with Crippen molar-refractivity contribution in [2.24, 2.45) is 11.8 Å². The second-order valence-corrected chi connectivity index (χ2v) is 6.68. The molecule has 3 amide bonds. The molecule has 0 spiro atoms. The molecule has 7 heteroatoms. The van der Waals surface area contributed by atoms with Crippen molar-refractivity contribution in [3.63, 3.8) is 0 Å². The summed E-state index contributed by atoms with van der Waals surface area (Å²) in [7, 11) is 0. The molecule has 1 saturated heterocycles. The fourth-order valence-electron chi connectivity index (χ4n) is 3.34. The molecule has 0 aromatic heterocycles. The van der Waals surface area contributed by atoms with Crippen LogP contribution in [0.1, 0.15) is 36.5 Å². The van der Waals surface area contributed by atoms with Crippen molar-refractivity contribution >= 4 is 29.4 Å². The molecule has 142 valence electrons. The Balaban J connectivity index is 1.57. The maximum absolute atomic E-state index is 12.4. The standard InChI is InChI=1S/C20H22N2O5/c1-2-11-27-20(26)13-7-9-14(10-8-13)21-17(23)12-22-18(24)15-5-3-4-6-16(15)19(22)25/h3-4,7-10,15-16H,2,5-6,11-12H2,1H3,(H,21,23)/t15-,16-/m1/s1. The maximum atomic E-state index is 12.4. The highest BCUT2D eigenvalue weighted by Crippen LogP contribution is 2.34. The van der Waals surface area contributed by atoms with Crippen LogP contribution in [0.25, 0.3) is 0 Å². The Kier molecular flexibility index (Phi) is 5.69. The van der Waals surface area contributed by atoms with Gasteiger partial charge in [-0.05, 0) is 43.5 Å². The van der Waals surface area contributed by atoms with Crippen LogP contribution < -0.4 is 5.32 Å². The predicted octanol–water partition coefficient (Wildman–Crippen LogP) is 2.14. The Labute approximate surface area is 157 Å². The number of rotatable bonds is 6. The van der Waals surface area contributed by atoms with Gasteiger partial charge >= 0.3 is 5.97 Å². The lowest BCUT2D eigenvalue weighted by molar-refractivity contribution is -0.142. The fourth-order valence-corrected chi connectivity index (χ4v) is 3.34. The first kappa shape index (κ1) is 18.8. The minimum Gasteiger partial charge on any atom is -0.462 e. The fraction of sp³-hybridized carbons (Fsp3) is 0.400. The first-order valence-corrected chi connectivity index (χ1v) is 9.08. The van der Waals surface area contributed by atoms with Crippen LogP contribution in [0, 0.1) is 11.8 Å². The molecular formula is C20H22N2O5. The highest BCUT2D eigenvalue weighted by Gasteiger charge is 2.47. The molecule has 1 aromatic carbocycles. The quantitative estimate of drug-likeness (QED) is 0.470. The zero-order valence-electron chi connectivity index (χ0n) is 15.1. The summed E-state index contributed by atoms with van der Waals surface area (Å²) in [4.78, 5) is 49.8. The van der Waals surface area contributed by atoms with Crippen LogP contribution in [-0.2, 0) is 19.1 Å². The molecule has 0 radical (unpaired) electrons. The van der Waals surface area contributed by atoms with E-state index in [1.54, 1.807) is 24.3 Å². The predicted molar refractivity (Wildman–Crippen MR) is 97.7 cm³/mol. The topological polar surface area (TPSA) is 92.8 Å². The molecule has 1 aliphatic heterocycles. The molecule has 0 saturated carbocycles. The van der Waals surface area contributed by atoms with Crippen molar-refractivity contribution in [3.8, 4) is 0 Å². The van der Waals surface area contributed by atoms with Crippen LogP contribution >= 0.6 is 0 Å². The first-order valence-electron chi connectivity index (χ1n) is 9.08. The number of imide groups is 1. The third-order valence-electron chi connectivity index (χ3n) is 4.74. The lowest BCUT2D eigenvalue weighted by Crippen LogP contribution is -2.38. The van der Waals surface area contributed by atoms with Crippen molar-refractivity contribution in [3.05, 3.63) is 42.0 Å². The van der Waals surface area contributed by atoms with E-state index in [4.69, 9.17) is 4.74 Å². The molecule has 0 bridgehead atoms. The Hall–Kier alpha value is -2.96. The number of nitrogens with one attached hydrogen (secondary N) is 1. The third kappa shape index (κ3) is 4.07. The Morgan fingerprint density at radius 2 is 1.67 bits per heavy atom. The van der Waals surface area contributed by atoms with Crippen molar-refractivity contribution in [2.75, 3.05) is 18.5 Å². The number of anilines is 1. The highest BCUT2D eigenvalue weighted by atomic mass is 16.5. The summed E-state index contributed by atoms with van der Waals surface area (Å²) in [6.07, 6.45) is 5.64. The zero-order chi connectivity index (χ0) is 19.4. The smallest absolute Gasteiger partial charge is 0.338 e. The highest BCUT2D eigenvalue weighted by molar-refractivity contribution is 6.08. The van der Waals surface area contributed by atoms with E-state index in [0.29, 0.717) is 30.7 Å². The molecule has 1 heterocycles. The Morgan fingerprint density at radius 1 is 1.07 bits per heavy atom. The molecule has 2 aliphatic rings. The van der Waals surface area contributed by atoms with Gasteiger partial charge in [-0.1, -0.05) is 19.1 Å². The largest absolute Gasteiger partial charge is 0.462 e. The number of esters is 1. The van der Waals surface area contributed by atoms with Gasteiger partial charge in [-0.3, -0.25) is 19.3 Å². The van der Waals surface area contributed by atoms with E-state index < -0.39 is 11.9 Å². The number of carbonyl (C=O) groups excluding carboxylic acids is 4. The SMILES string of the molecule is CCCOC(=O)c1ccc(NC(=O)CN2C(=O)[C@@H]3CC=CC[C@H]3C2=O)cc1. The molecule has 3 rings (SSSR count). The van der Waals surface area contributed by atoms with Gasteiger partial charge in [0.15, 0.2) is 0 Å². The third-order valence-corrected chi connectivity index (χ3v) is 4.74. The van der Waals surface area contributed by atoms with Gasteiger partial charge in [-0.2, -0.15) is 0 Å². The number of hydrogen-bond donors (Lipinski definition) is 1. The lowest BCUT2D eigenvalue weighted by atomic mass is 9.85. The lowest BCUT2D eigenvalue weighted by Gasteiger charge is -2.14. The number of amides is 3. The summed E-state index contributed by atoms with van der Waals surface area (Å²) in [5.74, 6) is -2.12. The van der Waals surface area contributed by atoms with Gasteiger partial charge < -0.3 is 10.1 Å². The van der Waals surface area contributed by atoms with Crippen LogP contribution in [0.4, 0.5) is 5.69 Å². The number of ether oxygens (including phenoxy) is 1. The number of benzene rings is 1. The molecular weight excluding hydrogens is 348 g/mol. The van der Waals surface area contributed by atoms with E-state index in [1.165, 1.54) is 0 Å². The number of hydrogen-bond acceptors (Lipinski definition) is 5. The van der Waals surface area contributed by atoms with Gasteiger partial charge in [-0.15, -0.1) is 0 Å². The number of likely N-dealkylation sites (tertiary alicyclic amines) is 1. The van der Waals surface area contributed by atoms with Crippen LogP contribution in [0.3, 0.4) is 0 Å². The summed E-state index contributed by atoms with van der Waals surface area (Å²) in [5, 5.41) is 2.65. The number of allylic oxidation sites excluding steroid dienone is 2. The van der Waals surface area contributed by atoms with E-state index in [9.17, 15) is 19.2 Å². The first-order chi connectivity index (χ1) is 13.0. The second kappa shape index (κ2) is 8.16. The number of carbonyl (C=O) groups is 4. The van der Waals surface area contributed by atoms with E-state index in [2.05, 4.69) is 5.32 Å². The van der Waals surface area contributed by atoms with Crippen molar-refractivity contribution in [2.45, 2.75) is 26.2 Å². The summed E-state index contributed by atoms with van der Waals surface area (Å²) in [5.41, 5.74) is 0.869. The summed E-state index contributed by atoms with van der Waals surface area (Å²) in [6.45, 7) is 1.96.